The highest BCUT2D eigenvalue weighted by Gasteiger charge is 1.99. The van der Waals surface area contributed by atoms with Crippen LogP contribution in [-0.4, -0.2) is 9.97 Å². The first-order valence-electron chi connectivity index (χ1n) is 5.13. The number of aromatic nitrogens is 2. The predicted octanol–water partition coefficient (Wildman–Crippen LogP) is 2.41. The molecule has 0 atom stereocenters. The molecule has 2 aromatic rings. The number of ether oxygens (including phenoxy) is 1. The summed E-state index contributed by atoms with van der Waals surface area (Å²) in [4.78, 5) is 7.75. The van der Waals surface area contributed by atoms with E-state index in [1.807, 2.05) is 24.3 Å². The van der Waals surface area contributed by atoms with Crippen molar-refractivity contribution in [2.24, 2.45) is 0 Å². The second kappa shape index (κ2) is 4.61. The highest BCUT2D eigenvalue weighted by molar-refractivity contribution is 5.31. The minimum atomic E-state index is 0.211. The number of aryl methyl sites for hydroxylation is 1. The molecule has 0 aliphatic rings. The van der Waals surface area contributed by atoms with Crippen LogP contribution in [0.3, 0.4) is 0 Å². The number of hydrogen-bond acceptors (Lipinski definition) is 4. The van der Waals surface area contributed by atoms with E-state index < -0.39 is 0 Å². The third-order valence-electron chi connectivity index (χ3n) is 2.20. The normalized spacial score (nSPS) is 10.1. The van der Waals surface area contributed by atoms with Gasteiger partial charge in [0.1, 0.15) is 5.75 Å². The van der Waals surface area contributed by atoms with E-state index in [4.69, 9.17) is 10.5 Å². The summed E-state index contributed by atoms with van der Waals surface area (Å²) in [6.45, 7) is 2.11. The van der Waals surface area contributed by atoms with Crippen LogP contribution in [0, 0.1) is 0 Å². The van der Waals surface area contributed by atoms with Gasteiger partial charge in [0.05, 0.1) is 0 Å². The maximum absolute atomic E-state index is 5.53. The van der Waals surface area contributed by atoms with Crippen LogP contribution < -0.4 is 10.5 Å². The number of anilines is 1. The molecule has 0 amide bonds. The number of rotatable bonds is 3. The molecule has 82 valence electrons. The van der Waals surface area contributed by atoms with Gasteiger partial charge in [-0.05, 0) is 24.1 Å². The summed E-state index contributed by atoms with van der Waals surface area (Å²) in [7, 11) is 0. The third kappa shape index (κ3) is 2.48. The molecule has 2 rings (SSSR count). The zero-order chi connectivity index (χ0) is 11.4. The van der Waals surface area contributed by atoms with Crippen LogP contribution in [0.2, 0.25) is 0 Å². The first kappa shape index (κ1) is 10.4. The summed E-state index contributed by atoms with van der Waals surface area (Å²) in [6, 6.07) is 9.55. The first-order valence-corrected chi connectivity index (χ1v) is 5.13. The Morgan fingerprint density at radius 3 is 2.56 bits per heavy atom. The molecule has 0 aliphatic heterocycles. The summed E-state index contributed by atoms with van der Waals surface area (Å²) in [6.07, 6.45) is 2.58. The van der Waals surface area contributed by atoms with Gasteiger partial charge in [-0.1, -0.05) is 19.1 Å². The number of hydrogen-bond donors (Lipinski definition) is 1. The zero-order valence-corrected chi connectivity index (χ0v) is 9.05. The van der Waals surface area contributed by atoms with Gasteiger partial charge >= 0.3 is 0 Å². The van der Waals surface area contributed by atoms with Crippen LogP contribution >= 0.6 is 0 Å². The number of nitrogens with zero attached hydrogens (tertiary/aromatic N) is 2. The van der Waals surface area contributed by atoms with Crippen LogP contribution in [0.4, 0.5) is 5.95 Å². The van der Waals surface area contributed by atoms with Crippen LogP contribution in [-0.2, 0) is 6.42 Å². The molecule has 1 heterocycles. The SMILES string of the molecule is CCc1ccc(Oc2ccnc(N)n2)cc1. The largest absolute Gasteiger partial charge is 0.439 e. The van der Waals surface area contributed by atoms with Crippen molar-refractivity contribution in [1.29, 1.82) is 0 Å². The van der Waals surface area contributed by atoms with Crippen LogP contribution in [0.5, 0.6) is 11.6 Å². The highest BCUT2D eigenvalue weighted by atomic mass is 16.5. The highest BCUT2D eigenvalue weighted by Crippen LogP contribution is 2.19. The molecule has 0 aliphatic carbocycles. The standard InChI is InChI=1S/C12H13N3O/c1-2-9-3-5-10(6-4-9)16-11-7-8-14-12(13)15-11/h3-8H,2H2,1H3,(H2,13,14,15). The van der Waals surface area contributed by atoms with Crippen molar-refractivity contribution in [1.82, 2.24) is 9.97 Å². The summed E-state index contributed by atoms with van der Waals surface area (Å²) >= 11 is 0. The van der Waals surface area contributed by atoms with Crippen molar-refractivity contribution in [2.45, 2.75) is 13.3 Å². The molecule has 16 heavy (non-hydrogen) atoms. The molecule has 1 aromatic carbocycles. The number of nitrogen functional groups attached to an aromatic ring is 1. The average molecular weight is 215 g/mol. The van der Waals surface area contributed by atoms with Gasteiger partial charge in [-0.25, -0.2) is 4.98 Å². The van der Waals surface area contributed by atoms with E-state index in [1.54, 1.807) is 12.3 Å². The van der Waals surface area contributed by atoms with Gasteiger partial charge in [-0.2, -0.15) is 4.98 Å². The van der Waals surface area contributed by atoms with Gasteiger partial charge in [0, 0.05) is 12.3 Å². The molecular weight excluding hydrogens is 202 g/mol. The monoisotopic (exact) mass is 215 g/mol. The van der Waals surface area contributed by atoms with Crippen molar-refractivity contribution in [3.8, 4) is 11.6 Å². The van der Waals surface area contributed by atoms with Crippen molar-refractivity contribution >= 4 is 5.95 Å². The summed E-state index contributed by atoms with van der Waals surface area (Å²) in [5.41, 5.74) is 6.73. The fraction of sp³-hybridized carbons (Fsp3) is 0.167. The second-order valence-corrected chi connectivity index (χ2v) is 3.35. The minimum Gasteiger partial charge on any atom is -0.439 e. The summed E-state index contributed by atoms with van der Waals surface area (Å²) in [5.74, 6) is 1.41. The van der Waals surface area contributed by atoms with E-state index in [-0.39, 0.29) is 5.95 Å². The Hall–Kier alpha value is -2.10. The minimum absolute atomic E-state index is 0.211. The number of nitrogens with two attached hydrogens (primary N) is 1. The summed E-state index contributed by atoms with van der Waals surface area (Å²) < 4.78 is 5.53. The molecule has 1 aromatic heterocycles. The van der Waals surface area contributed by atoms with Gasteiger partial charge in [0.2, 0.25) is 11.8 Å². The van der Waals surface area contributed by atoms with Crippen LogP contribution in [0.1, 0.15) is 12.5 Å². The van der Waals surface area contributed by atoms with Gasteiger partial charge in [0.25, 0.3) is 0 Å². The van der Waals surface area contributed by atoms with Crippen LogP contribution in [0.25, 0.3) is 0 Å². The van der Waals surface area contributed by atoms with E-state index in [0.29, 0.717) is 5.88 Å². The third-order valence-corrected chi connectivity index (χ3v) is 2.20. The lowest BCUT2D eigenvalue weighted by Crippen LogP contribution is -1.95. The molecular formula is C12H13N3O. The van der Waals surface area contributed by atoms with Crippen molar-refractivity contribution in [2.75, 3.05) is 5.73 Å². The Bertz CT molecular complexity index is 468. The Labute approximate surface area is 94.1 Å². The Kier molecular flexibility index (Phi) is 3.00. The van der Waals surface area contributed by atoms with E-state index in [1.165, 1.54) is 5.56 Å². The number of benzene rings is 1. The van der Waals surface area contributed by atoms with E-state index in [9.17, 15) is 0 Å². The maximum atomic E-state index is 5.53. The van der Waals surface area contributed by atoms with E-state index >= 15 is 0 Å². The van der Waals surface area contributed by atoms with Crippen molar-refractivity contribution < 1.29 is 4.74 Å². The second-order valence-electron chi connectivity index (χ2n) is 3.35. The topological polar surface area (TPSA) is 61.0 Å². The quantitative estimate of drug-likeness (QED) is 0.854. The molecule has 0 saturated carbocycles. The van der Waals surface area contributed by atoms with Crippen molar-refractivity contribution in [3.05, 3.63) is 42.1 Å². The van der Waals surface area contributed by atoms with E-state index in [2.05, 4.69) is 16.9 Å². The predicted molar refractivity (Wildman–Crippen MR) is 62.3 cm³/mol. The zero-order valence-electron chi connectivity index (χ0n) is 9.05. The van der Waals surface area contributed by atoms with Gasteiger partial charge in [0.15, 0.2) is 0 Å². The molecule has 0 radical (unpaired) electrons. The molecule has 0 fully saturated rings. The summed E-state index contributed by atoms with van der Waals surface area (Å²) in [5, 5.41) is 0. The average Bonchev–Trinajstić information content (AvgIpc) is 2.30. The maximum Gasteiger partial charge on any atom is 0.224 e. The fourth-order valence-corrected chi connectivity index (χ4v) is 1.33. The molecule has 2 N–H and O–H groups in total. The fourth-order valence-electron chi connectivity index (χ4n) is 1.33. The Balaban J connectivity index is 2.14. The molecule has 0 saturated heterocycles. The van der Waals surface area contributed by atoms with Gasteiger partial charge in [-0.3, -0.25) is 0 Å². The first-order chi connectivity index (χ1) is 7.78. The smallest absolute Gasteiger partial charge is 0.224 e. The Morgan fingerprint density at radius 2 is 1.94 bits per heavy atom. The lowest BCUT2D eigenvalue weighted by molar-refractivity contribution is 0.462. The van der Waals surface area contributed by atoms with Gasteiger partial charge in [-0.15, -0.1) is 0 Å². The Morgan fingerprint density at radius 1 is 1.19 bits per heavy atom. The van der Waals surface area contributed by atoms with E-state index in [0.717, 1.165) is 12.2 Å². The van der Waals surface area contributed by atoms with Gasteiger partial charge < -0.3 is 10.5 Å². The van der Waals surface area contributed by atoms with Crippen LogP contribution in [0.15, 0.2) is 36.5 Å². The molecule has 4 heteroatoms. The van der Waals surface area contributed by atoms with Crippen molar-refractivity contribution in [3.63, 3.8) is 0 Å². The molecule has 0 bridgehead atoms. The lowest BCUT2D eigenvalue weighted by atomic mass is 10.2. The molecule has 0 unspecified atom stereocenters. The lowest BCUT2D eigenvalue weighted by Gasteiger charge is -2.05. The molecule has 0 spiro atoms. The molecule has 4 nitrogen and oxygen atoms in total.